The Morgan fingerprint density at radius 3 is 1.64 bits per heavy atom. The molecule has 0 radical (unpaired) electrons. The van der Waals surface area contributed by atoms with Crippen molar-refractivity contribution in [3.8, 4) is 0 Å². The molecule has 6 heterocycles. The highest BCUT2D eigenvalue weighted by Crippen LogP contribution is 2.63. The average Bonchev–Trinajstić information content (AvgIpc) is 3.04. The van der Waals surface area contributed by atoms with Crippen LogP contribution in [0.5, 0.6) is 0 Å². The summed E-state index contributed by atoms with van der Waals surface area (Å²) in [7, 11) is 12.9. The van der Waals surface area contributed by atoms with Crippen molar-refractivity contribution in [1.29, 1.82) is 0 Å². The largest absolute Gasteiger partial charge is 0.393 e. The highest BCUT2D eigenvalue weighted by atomic mass is 33.1. The lowest BCUT2D eigenvalue weighted by Crippen LogP contribution is -2.77. The van der Waals surface area contributed by atoms with E-state index >= 15 is 0 Å². The first-order valence-electron chi connectivity index (χ1n) is 14.4. The topological polar surface area (TPSA) is 108 Å². The Morgan fingerprint density at radius 1 is 0.659 bits per heavy atom. The van der Waals surface area contributed by atoms with Crippen molar-refractivity contribution in [1.82, 2.24) is 19.6 Å². The molecular weight excluding hydrogens is 637 g/mol. The van der Waals surface area contributed by atoms with Crippen molar-refractivity contribution < 1.29 is 24.9 Å². The number of aliphatic hydroxyl groups excluding tert-OH is 3. The molecular formula is C31H38N4O5S4. The Bertz CT molecular complexity index is 1480. The Hall–Kier alpha value is -1.84. The molecule has 6 aliphatic rings. The van der Waals surface area contributed by atoms with Crippen molar-refractivity contribution in [2.75, 3.05) is 41.4 Å². The fraction of sp³-hybridized carbons (Fsp3) is 0.484. The van der Waals surface area contributed by atoms with Gasteiger partial charge in [-0.05, 0) is 52.9 Å². The number of aryl methyl sites for hydroxylation is 2. The second kappa shape index (κ2) is 11.4. The number of rotatable bonds is 9. The quantitative estimate of drug-likeness (QED) is 0.342. The molecule has 13 heteroatoms. The van der Waals surface area contributed by atoms with Crippen LogP contribution in [0.1, 0.15) is 22.3 Å². The molecule has 6 saturated heterocycles. The minimum atomic E-state index is -1.25. The van der Waals surface area contributed by atoms with Crippen LogP contribution in [0.15, 0.2) is 60.8 Å². The van der Waals surface area contributed by atoms with Crippen molar-refractivity contribution in [2.24, 2.45) is 0 Å². The van der Waals surface area contributed by atoms with Gasteiger partial charge in [-0.2, -0.15) is 0 Å². The number of benzene rings is 2. The second-order valence-electron chi connectivity index (χ2n) is 12.1. The second-order valence-corrected chi connectivity index (χ2v) is 17.5. The van der Waals surface area contributed by atoms with E-state index in [4.69, 9.17) is 0 Å². The van der Waals surface area contributed by atoms with Gasteiger partial charge in [-0.15, -0.1) is 0 Å². The van der Waals surface area contributed by atoms with Crippen molar-refractivity contribution in [2.45, 2.75) is 51.4 Å². The van der Waals surface area contributed by atoms with Gasteiger partial charge in [-0.25, -0.2) is 0 Å². The van der Waals surface area contributed by atoms with Gasteiger partial charge in [0.25, 0.3) is 11.8 Å². The smallest absolute Gasteiger partial charge is 0.263 e. The number of fused-ring (bicyclic) bond motifs is 6. The maximum atomic E-state index is 13.4. The van der Waals surface area contributed by atoms with Gasteiger partial charge in [0, 0.05) is 39.7 Å². The fourth-order valence-corrected chi connectivity index (χ4v) is 14.1. The molecule has 6 fully saturated rings. The third-order valence-electron chi connectivity index (χ3n) is 9.84. The zero-order valence-corrected chi connectivity index (χ0v) is 28.5. The molecule has 2 aromatic rings. The summed E-state index contributed by atoms with van der Waals surface area (Å²) in [5.41, 5.74) is 5.31. The molecule has 44 heavy (non-hydrogen) atoms. The molecule has 1 unspecified atom stereocenters. The Morgan fingerprint density at radius 2 is 1.09 bits per heavy atom. The number of piperazine rings is 2. The molecule has 0 saturated carbocycles. The van der Waals surface area contributed by atoms with E-state index in [1.54, 1.807) is 35.7 Å². The summed E-state index contributed by atoms with van der Waals surface area (Å²) in [6, 6.07) is 16.8. The standard InChI is InChI=1S/C31H38N4O5S4/c1-20-30(18-36)34(4)25(38)28(32(20)2,41-43-30)16-23-12-8-21(9-13-23)6-7-22-10-14-24(15-11-22)17-29-26(39)35(5)31(19-37,44-42-29)27(40)33(29)3/h8-15,25,36-38H,1,6-7,16-19H2,2-5H3/t25?,28-,29-,30-,31-/m0/s1. The lowest BCUT2D eigenvalue weighted by atomic mass is 9.94. The van der Waals surface area contributed by atoms with E-state index in [0.717, 1.165) is 29.7 Å². The number of nitrogens with zero attached hydrogens (tertiary/aromatic N) is 4. The average molecular weight is 675 g/mol. The lowest BCUT2D eigenvalue weighted by Gasteiger charge is -2.64. The van der Waals surface area contributed by atoms with Crippen LogP contribution in [-0.2, 0) is 35.3 Å². The number of carbonyl (C=O) groups excluding carboxylic acids is 2. The molecule has 3 N–H and O–H groups in total. The van der Waals surface area contributed by atoms with Gasteiger partial charge in [0.2, 0.25) is 4.87 Å². The van der Waals surface area contributed by atoms with Crippen LogP contribution in [0.2, 0.25) is 0 Å². The van der Waals surface area contributed by atoms with Gasteiger partial charge in [-0.1, -0.05) is 87.5 Å². The van der Waals surface area contributed by atoms with E-state index in [2.05, 4.69) is 43.0 Å². The molecule has 236 valence electrons. The first kappa shape index (κ1) is 32.1. The van der Waals surface area contributed by atoms with Gasteiger partial charge in [0.05, 0.1) is 13.2 Å². The number of carbonyl (C=O) groups is 2. The summed E-state index contributed by atoms with van der Waals surface area (Å²) >= 11 is 0. The molecule has 6 aliphatic heterocycles. The van der Waals surface area contributed by atoms with Crippen LogP contribution in [0.4, 0.5) is 0 Å². The third kappa shape index (κ3) is 4.49. The maximum absolute atomic E-state index is 13.4. The van der Waals surface area contributed by atoms with Crippen molar-refractivity contribution in [3.63, 3.8) is 0 Å². The molecule has 0 aromatic heterocycles. The third-order valence-corrected chi connectivity index (χ3v) is 17.4. The predicted octanol–water partition coefficient (Wildman–Crippen LogP) is 2.76. The molecule has 9 nitrogen and oxygen atoms in total. The van der Waals surface area contributed by atoms with E-state index in [1.165, 1.54) is 42.5 Å². The van der Waals surface area contributed by atoms with Gasteiger partial charge in [0.15, 0.2) is 4.87 Å². The summed E-state index contributed by atoms with van der Waals surface area (Å²) in [5, 5.41) is 31.3. The first-order chi connectivity index (χ1) is 20.9. The Labute approximate surface area is 274 Å². The lowest BCUT2D eigenvalue weighted by molar-refractivity contribution is -0.165. The van der Waals surface area contributed by atoms with E-state index in [-0.39, 0.29) is 18.4 Å². The summed E-state index contributed by atoms with van der Waals surface area (Å²) in [5.74, 6) is -0.404. The SMILES string of the molecule is C=C1N(C)[C@@]2(Cc3ccc(CCc4ccc(C[C@@]56SS[C@@](CO)(C(=O)N5C)N(C)C6=O)cc4)cc3)SS[C@]1(CO)N(C)C2O. The highest BCUT2D eigenvalue weighted by molar-refractivity contribution is 8.78. The number of likely N-dealkylation sites (N-methyl/N-ethyl adjacent to an activating group) is 4. The van der Waals surface area contributed by atoms with Crippen molar-refractivity contribution >= 4 is 55.0 Å². The molecule has 0 spiro atoms. The molecule has 8 rings (SSSR count). The molecule has 4 bridgehead atoms. The normalized spacial score (nSPS) is 33.6. The zero-order valence-electron chi connectivity index (χ0n) is 25.2. The van der Waals surface area contributed by atoms with Gasteiger partial charge in [0.1, 0.15) is 16.0 Å². The first-order valence-corrected chi connectivity index (χ1v) is 18.7. The van der Waals surface area contributed by atoms with Crippen LogP contribution >= 0.6 is 43.2 Å². The Balaban J connectivity index is 1.08. The number of aliphatic hydroxyl groups is 3. The highest BCUT2D eigenvalue weighted by Gasteiger charge is 2.67. The van der Waals surface area contributed by atoms with Crippen LogP contribution in [-0.4, -0.2) is 114 Å². The van der Waals surface area contributed by atoms with E-state index in [0.29, 0.717) is 12.8 Å². The summed E-state index contributed by atoms with van der Waals surface area (Å²) < 4.78 is 0. The number of amides is 2. The van der Waals surface area contributed by atoms with Gasteiger partial charge < -0.3 is 30.0 Å². The van der Waals surface area contributed by atoms with Crippen molar-refractivity contribution in [3.05, 3.63) is 83.1 Å². The van der Waals surface area contributed by atoms with E-state index < -0.39 is 32.3 Å². The molecule has 5 atom stereocenters. The zero-order chi connectivity index (χ0) is 31.7. The molecule has 2 aromatic carbocycles. The van der Waals surface area contributed by atoms with Crippen LogP contribution in [0.3, 0.4) is 0 Å². The molecule has 0 aliphatic carbocycles. The monoisotopic (exact) mass is 674 g/mol. The minimum Gasteiger partial charge on any atom is -0.393 e. The van der Waals surface area contributed by atoms with E-state index in [9.17, 15) is 24.9 Å². The van der Waals surface area contributed by atoms with Gasteiger partial charge in [-0.3, -0.25) is 14.5 Å². The number of hydrogen-bond acceptors (Lipinski definition) is 11. The Kier molecular flexibility index (Phi) is 8.35. The fourth-order valence-electron chi connectivity index (χ4n) is 6.57. The van der Waals surface area contributed by atoms with Crippen LogP contribution < -0.4 is 0 Å². The maximum Gasteiger partial charge on any atom is 0.263 e. The molecule has 2 amide bonds. The number of hydrogen-bond donors (Lipinski definition) is 3. The minimum absolute atomic E-state index is 0.116. The van der Waals surface area contributed by atoms with Crippen LogP contribution in [0, 0.1) is 0 Å². The van der Waals surface area contributed by atoms with E-state index in [1.807, 2.05) is 36.0 Å². The van der Waals surface area contributed by atoms with Gasteiger partial charge >= 0.3 is 0 Å². The summed E-state index contributed by atoms with van der Waals surface area (Å²) in [6.07, 6.45) is 2.00. The van der Waals surface area contributed by atoms with Crippen LogP contribution in [0.25, 0.3) is 0 Å². The summed E-state index contributed by atoms with van der Waals surface area (Å²) in [6.45, 7) is 3.73. The predicted molar refractivity (Wildman–Crippen MR) is 179 cm³/mol. The summed E-state index contributed by atoms with van der Waals surface area (Å²) in [4.78, 5) is 29.7.